The lowest BCUT2D eigenvalue weighted by molar-refractivity contribution is -0.122. The Bertz CT molecular complexity index is 1040. The van der Waals surface area contributed by atoms with Crippen molar-refractivity contribution in [1.82, 2.24) is 5.32 Å². The number of barbiturate groups is 1. The molecule has 0 atom stereocenters. The summed E-state index contributed by atoms with van der Waals surface area (Å²) in [5, 5.41) is 2.07. The number of methoxy groups -OCH3 is 1. The van der Waals surface area contributed by atoms with Gasteiger partial charge in [0.15, 0.2) is 11.5 Å². The van der Waals surface area contributed by atoms with Crippen molar-refractivity contribution in [3.05, 3.63) is 56.9 Å². The van der Waals surface area contributed by atoms with E-state index in [0.29, 0.717) is 32.1 Å². The molecular formula is C20H16FIN2O5. The van der Waals surface area contributed by atoms with E-state index in [2.05, 4.69) is 5.32 Å². The number of benzene rings is 2. The van der Waals surface area contributed by atoms with Crippen LogP contribution in [0.4, 0.5) is 14.9 Å². The van der Waals surface area contributed by atoms with E-state index in [0.717, 1.165) is 6.07 Å². The number of nitrogens with zero attached hydrogens (tertiary/aromatic N) is 1. The predicted octanol–water partition coefficient (Wildman–Crippen LogP) is 3.50. The summed E-state index contributed by atoms with van der Waals surface area (Å²) in [7, 11) is 1.51. The second-order valence-corrected chi connectivity index (χ2v) is 7.04. The van der Waals surface area contributed by atoms with Gasteiger partial charge in [-0.1, -0.05) is 12.1 Å². The Morgan fingerprint density at radius 2 is 1.93 bits per heavy atom. The number of imide groups is 2. The Morgan fingerprint density at radius 1 is 1.21 bits per heavy atom. The van der Waals surface area contributed by atoms with Gasteiger partial charge >= 0.3 is 6.03 Å². The van der Waals surface area contributed by atoms with E-state index in [9.17, 15) is 18.8 Å². The molecule has 1 heterocycles. The molecule has 1 N–H and O–H groups in total. The van der Waals surface area contributed by atoms with Gasteiger partial charge < -0.3 is 9.47 Å². The van der Waals surface area contributed by atoms with Crippen molar-refractivity contribution in [2.24, 2.45) is 0 Å². The first-order valence-corrected chi connectivity index (χ1v) is 9.61. The standard InChI is InChI=1S/C20H16FIN2O5/c1-3-29-16-10-11(9-14(22)17(16)28-2)8-12-18(25)23-20(27)24(19(12)26)15-7-5-4-6-13(15)21/h4-10H,3H2,1-2H3,(H,23,25,27)/b12-8-. The summed E-state index contributed by atoms with van der Waals surface area (Å²) in [5.74, 6) is -1.58. The third kappa shape index (κ3) is 4.09. The Balaban J connectivity index is 2.06. The van der Waals surface area contributed by atoms with Crippen LogP contribution in [0.25, 0.3) is 6.08 Å². The molecule has 1 fully saturated rings. The maximum atomic E-state index is 14.1. The quantitative estimate of drug-likeness (QED) is 0.378. The zero-order valence-corrected chi connectivity index (χ0v) is 17.7. The second-order valence-electron chi connectivity index (χ2n) is 5.88. The molecule has 2 aromatic carbocycles. The van der Waals surface area contributed by atoms with E-state index >= 15 is 0 Å². The lowest BCUT2D eigenvalue weighted by atomic mass is 10.1. The predicted molar refractivity (Wildman–Crippen MR) is 112 cm³/mol. The lowest BCUT2D eigenvalue weighted by Crippen LogP contribution is -2.54. The summed E-state index contributed by atoms with van der Waals surface area (Å²) in [6, 6.07) is 7.61. The molecule has 150 valence electrons. The molecule has 1 aliphatic rings. The van der Waals surface area contributed by atoms with Crippen LogP contribution in [0.1, 0.15) is 12.5 Å². The van der Waals surface area contributed by atoms with E-state index in [-0.39, 0.29) is 11.3 Å². The second kappa shape index (κ2) is 8.60. The van der Waals surface area contributed by atoms with Crippen molar-refractivity contribution in [1.29, 1.82) is 0 Å². The maximum absolute atomic E-state index is 14.1. The van der Waals surface area contributed by atoms with Gasteiger partial charge in [-0.25, -0.2) is 14.1 Å². The molecule has 0 aromatic heterocycles. The Kier molecular flexibility index (Phi) is 6.16. The largest absolute Gasteiger partial charge is 0.492 e. The highest BCUT2D eigenvalue weighted by molar-refractivity contribution is 14.1. The van der Waals surface area contributed by atoms with E-state index in [1.54, 1.807) is 12.1 Å². The van der Waals surface area contributed by atoms with Gasteiger partial charge in [0.05, 0.1) is 23.0 Å². The molecule has 2 aromatic rings. The number of urea groups is 1. The van der Waals surface area contributed by atoms with Gasteiger partial charge in [-0.05, 0) is 65.4 Å². The molecule has 9 heteroatoms. The Hall–Kier alpha value is -2.95. The van der Waals surface area contributed by atoms with Crippen molar-refractivity contribution >= 4 is 52.2 Å². The molecule has 0 radical (unpaired) electrons. The van der Waals surface area contributed by atoms with Crippen molar-refractivity contribution in [3.8, 4) is 11.5 Å². The van der Waals surface area contributed by atoms with Crippen LogP contribution in [0.15, 0.2) is 42.0 Å². The maximum Gasteiger partial charge on any atom is 0.336 e. The molecule has 1 saturated heterocycles. The lowest BCUT2D eigenvalue weighted by Gasteiger charge is -2.26. The number of carbonyl (C=O) groups is 3. The zero-order chi connectivity index (χ0) is 21.1. The molecule has 1 aliphatic heterocycles. The van der Waals surface area contributed by atoms with Crippen LogP contribution < -0.4 is 19.7 Å². The molecule has 4 amide bonds. The van der Waals surface area contributed by atoms with Crippen LogP contribution in [0.2, 0.25) is 0 Å². The summed E-state index contributed by atoms with van der Waals surface area (Å²) >= 11 is 2.04. The average Bonchev–Trinajstić information content (AvgIpc) is 2.67. The number of ether oxygens (including phenoxy) is 2. The van der Waals surface area contributed by atoms with Crippen molar-refractivity contribution in [2.75, 3.05) is 18.6 Å². The molecular weight excluding hydrogens is 494 g/mol. The summed E-state index contributed by atoms with van der Waals surface area (Å²) in [6.45, 7) is 2.20. The van der Waals surface area contributed by atoms with E-state index < -0.39 is 23.7 Å². The number of hydrogen-bond donors (Lipinski definition) is 1. The van der Waals surface area contributed by atoms with Crippen LogP contribution in [-0.2, 0) is 9.59 Å². The number of nitrogens with one attached hydrogen (secondary N) is 1. The first-order chi connectivity index (χ1) is 13.9. The number of carbonyl (C=O) groups excluding carboxylic acids is 3. The van der Waals surface area contributed by atoms with E-state index in [1.165, 1.54) is 31.4 Å². The van der Waals surface area contributed by atoms with Gasteiger partial charge in [-0.3, -0.25) is 14.9 Å². The first-order valence-electron chi connectivity index (χ1n) is 8.53. The smallest absolute Gasteiger partial charge is 0.336 e. The van der Waals surface area contributed by atoms with Crippen LogP contribution >= 0.6 is 22.6 Å². The van der Waals surface area contributed by atoms with Crippen LogP contribution in [0, 0.1) is 9.39 Å². The van der Waals surface area contributed by atoms with E-state index in [4.69, 9.17) is 9.47 Å². The number of hydrogen-bond acceptors (Lipinski definition) is 5. The third-order valence-electron chi connectivity index (χ3n) is 4.04. The van der Waals surface area contributed by atoms with Crippen LogP contribution in [0.5, 0.6) is 11.5 Å². The van der Waals surface area contributed by atoms with Gasteiger partial charge in [0.25, 0.3) is 11.8 Å². The third-order valence-corrected chi connectivity index (χ3v) is 4.84. The number of para-hydroxylation sites is 1. The van der Waals surface area contributed by atoms with E-state index in [1.807, 2.05) is 29.5 Å². The molecule has 29 heavy (non-hydrogen) atoms. The summed E-state index contributed by atoms with van der Waals surface area (Å²) in [5.41, 5.74) is -0.0658. The van der Waals surface area contributed by atoms with Gasteiger partial charge in [0, 0.05) is 0 Å². The minimum absolute atomic E-state index is 0.243. The van der Waals surface area contributed by atoms with Crippen molar-refractivity contribution < 1.29 is 28.2 Å². The molecule has 3 rings (SSSR count). The Morgan fingerprint density at radius 3 is 2.59 bits per heavy atom. The molecule has 7 nitrogen and oxygen atoms in total. The summed E-state index contributed by atoms with van der Waals surface area (Å²) in [6.07, 6.45) is 1.32. The average molecular weight is 510 g/mol. The minimum atomic E-state index is -1.01. The fourth-order valence-corrected chi connectivity index (χ4v) is 3.65. The topological polar surface area (TPSA) is 84.9 Å². The summed E-state index contributed by atoms with van der Waals surface area (Å²) in [4.78, 5) is 38.0. The van der Waals surface area contributed by atoms with Gasteiger partial charge in [0.2, 0.25) is 0 Å². The highest BCUT2D eigenvalue weighted by Gasteiger charge is 2.38. The van der Waals surface area contributed by atoms with Crippen molar-refractivity contribution in [2.45, 2.75) is 6.92 Å². The molecule has 0 spiro atoms. The highest BCUT2D eigenvalue weighted by Crippen LogP contribution is 2.35. The fourth-order valence-electron chi connectivity index (χ4n) is 2.81. The molecule has 0 unspecified atom stereocenters. The number of anilines is 1. The summed E-state index contributed by atoms with van der Waals surface area (Å²) < 4.78 is 25.7. The van der Waals surface area contributed by atoms with Gasteiger partial charge in [-0.15, -0.1) is 0 Å². The van der Waals surface area contributed by atoms with Gasteiger partial charge in [0.1, 0.15) is 11.4 Å². The van der Waals surface area contributed by atoms with Crippen LogP contribution in [-0.4, -0.2) is 31.6 Å². The van der Waals surface area contributed by atoms with Gasteiger partial charge in [-0.2, -0.15) is 0 Å². The number of halogens is 2. The highest BCUT2D eigenvalue weighted by atomic mass is 127. The number of rotatable bonds is 5. The first kappa shape index (κ1) is 20.8. The monoisotopic (exact) mass is 510 g/mol. The Labute approximate surface area is 179 Å². The number of amides is 4. The molecule has 0 bridgehead atoms. The van der Waals surface area contributed by atoms with Crippen molar-refractivity contribution in [3.63, 3.8) is 0 Å². The zero-order valence-electron chi connectivity index (χ0n) is 15.5. The molecule has 0 saturated carbocycles. The normalized spacial score (nSPS) is 15.5. The minimum Gasteiger partial charge on any atom is -0.492 e. The SMILES string of the molecule is CCOc1cc(/C=C2/C(=O)NC(=O)N(c3ccccc3F)C2=O)cc(I)c1OC. The fraction of sp³-hybridized carbons (Fsp3) is 0.150. The van der Waals surface area contributed by atoms with Crippen LogP contribution in [0.3, 0.4) is 0 Å². The molecule has 0 aliphatic carbocycles.